The van der Waals surface area contributed by atoms with Crippen LogP contribution >= 0.6 is 0 Å². The number of anilines is 1. The minimum Gasteiger partial charge on any atom is -0.497 e. The van der Waals surface area contributed by atoms with Gasteiger partial charge in [0.05, 0.1) is 18.7 Å². The average Bonchev–Trinajstić information content (AvgIpc) is 3.06. The van der Waals surface area contributed by atoms with E-state index >= 15 is 0 Å². The lowest BCUT2D eigenvalue weighted by molar-refractivity contribution is 0.189. The highest BCUT2D eigenvalue weighted by Crippen LogP contribution is 2.29. The van der Waals surface area contributed by atoms with E-state index in [1.54, 1.807) is 7.11 Å². The molecule has 2 aliphatic rings. The van der Waals surface area contributed by atoms with Gasteiger partial charge in [0.15, 0.2) is 0 Å². The van der Waals surface area contributed by atoms with Crippen LogP contribution in [0, 0.1) is 6.92 Å². The molecule has 4 rings (SSSR count). The molecular formula is C19H24N4O2. The summed E-state index contributed by atoms with van der Waals surface area (Å²) in [6.45, 7) is 5.50. The number of pyridine rings is 1. The highest BCUT2D eigenvalue weighted by atomic mass is 16.5. The molecule has 132 valence electrons. The zero-order chi connectivity index (χ0) is 17.4. The summed E-state index contributed by atoms with van der Waals surface area (Å²) < 4.78 is 5.31. The van der Waals surface area contributed by atoms with E-state index in [2.05, 4.69) is 23.2 Å². The third-order valence-electron chi connectivity index (χ3n) is 5.21. The summed E-state index contributed by atoms with van der Waals surface area (Å²) in [5.41, 5.74) is 2.13. The lowest BCUT2D eigenvalue weighted by Gasteiger charge is -2.38. The zero-order valence-corrected chi connectivity index (χ0v) is 14.8. The number of rotatable bonds is 3. The third-order valence-corrected chi connectivity index (χ3v) is 5.21. The van der Waals surface area contributed by atoms with Gasteiger partial charge in [0.25, 0.3) is 0 Å². The molecule has 2 fully saturated rings. The molecule has 0 unspecified atom stereocenters. The maximum absolute atomic E-state index is 12.0. The number of nitrogens with zero attached hydrogens (tertiary/aromatic N) is 3. The summed E-state index contributed by atoms with van der Waals surface area (Å²) >= 11 is 0. The summed E-state index contributed by atoms with van der Waals surface area (Å²) in [5, 5.41) is 4.00. The molecule has 0 radical (unpaired) electrons. The molecule has 3 heterocycles. The Morgan fingerprint density at radius 2 is 2.16 bits per heavy atom. The first-order chi connectivity index (χ1) is 12.2. The minimum atomic E-state index is 0.0714. The van der Waals surface area contributed by atoms with Crippen molar-refractivity contribution in [2.75, 3.05) is 38.2 Å². The van der Waals surface area contributed by atoms with Crippen molar-refractivity contribution in [2.24, 2.45) is 0 Å². The number of fused-ring (bicyclic) bond motifs is 1. The van der Waals surface area contributed by atoms with Gasteiger partial charge in [-0.3, -0.25) is 0 Å². The summed E-state index contributed by atoms with van der Waals surface area (Å²) in [7, 11) is 1.68. The Labute approximate surface area is 147 Å². The SMILES string of the molecule is COc1ccc2nc(N3CCC[C@H](N4CCNC4=O)C3)c(C)cc2c1. The van der Waals surface area contributed by atoms with Crippen LogP contribution in [0.3, 0.4) is 0 Å². The van der Waals surface area contributed by atoms with Crippen LogP contribution in [0.15, 0.2) is 24.3 Å². The molecule has 2 aromatic rings. The Morgan fingerprint density at radius 1 is 1.28 bits per heavy atom. The molecule has 1 aromatic heterocycles. The van der Waals surface area contributed by atoms with Crippen molar-refractivity contribution in [3.05, 3.63) is 29.8 Å². The molecule has 2 aliphatic heterocycles. The van der Waals surface area contributed by atoms with Crippen molar-refractivity contribution in [2.45, 2.75) is 25.8 Å². The molecule has 25 heavy (non-hydrogen) atoms. The smallest absolute Gasteiger partial charge is 0.317 e. The van der Waals surface area contributed by atoms with Crippen molar-refractivity contribution in [3.63, 3.8) is 0 Å². The Hall–Kier alpha value is -2.50. The standard InChI is InChI=1S/C19H24N4O2/c1-13-10-14-11-16(25-2)5-6-17(14)21-18(13)22-8-3-4-15(12-22)23-9-7-20-19(23)24/h5-6,10-11,15H,3-4,7-9,12H2,1-2H3,(H,20,24)/t15-/m0/s1. The van der Waals surface area contributed by atoms with Crippen molar-refractivity contribution in [1.82, 2.24) is 15.2 Å². The van der Waals surface area contributed by atoms with Gasteiger partial charge in [0.2, 0.25) is 0 Å². The molecule has 1 aromatic carbocycles. The third kappa shape index (κ3) is 2.97. The Bertz CT molecular complexity index is 807. The Kier molecular flexibility index (Phi) is 4.11. The largest absolute Gasteiger partial charge is 0.497 e. The molecule has 6 heteroatoms. The number of hydrogen-bond acceptors (Lipinski definition) is 4. The predicted octanol–water partition coefficient (Wildman–Crippen LogP) is 2.55. The van der Waals surface area contributed by atoms with Crippen LogP contribution in [0.25, 0.3) is 10.9 Å². The first-order valence-electron chi connectivity index (χ1n) is 8.90. The second-order valence-electron chi connectivity index (χ2n) is 6.85. The number of piperidine rings is 1. The van der Waals surface area contributed by atoms with Crippen LogP contribution in [0.2, 0.25) is 0 Å². The summed E-state index contributed by atoms with van der Waals surface area (Å²) in [6.07, 6.45) is 2.14. The van der Waals surface area contributed by atoms with Gasteiger partial charge >= 0.3 is 6.03 Å². The summed E-state index contributed by atoms with van der Waals surface area (Å²) in [6, 6.07) is 8.49. The lowest BCUT2D eigenvalue weighted by Crippen LogP contribution is -2.49. The normalized spacial score (nSPS) is 20.9. The van der Waals surface area contributed by atoms with Gasteiger partial charge in [0.1, 0.15) is 11.6 Å². The maximum atomic E-state index is 12.0. The monoisotopic (exact) mass is 340 g/mol. The lowest BCUT2D eigenvalue weighted by atomic mass is 10.0. The molecule has 0 spiro atoms. The van der Waals surface area contributed by atoms with Crippen LogP contribution in [0.4, 0.5) is 10.6 Å². The second kappa shape index (κ2) is 6.43. The van der Waals surface area contributed by atoms with E-state index in [-0.39, 0.29) is 12.1 Å². The van der Waals surface area contributed by atoms with Gasteiger partial charge in [0, 0.05) is 31.6 Å². The van der Waals surface area contributed by atoms with E-state index in [0.717, 1.165) is 67.1 Å². The van der Waals surface area contributed by atoms with Crippen LogP contribution in [0.1, 0.15) is 18.4 Å². The average molecular weight is 340 g/mol. The predicted molar refractivity (Wildman–Crippen MR) is 98.4 cm³/mol. The fourth-order valence-electron chi connectivity index (χ4n) is 3.93. The second-order valence-corrected chi connectivity index (χ2v) is 6.85. The van der Waals surface area contributed by atoms with Crippen LogP contribution in [-0.4, -0.2) is 55.2 Å². The van der Waals surface area contributed by atoms with E-state index in [1.807, 2.05) is 23.1 Å². The number of carbonyl (C=O) groups excluding carboxylic acids is 1. The number of carbonyl (C=O) groups is 1. The number of aryl methyl sites for hydroxylation is 1. The van der Waals surface area contributed by atoms with Gasteiger partial charge in [-0.05, 0) is 49.6 Å². The maximum Gasteiger partial charge on any atom is 0.317 e. The quantitative estimate of drug-likeness (QED) is 0.933. The highest BCUT2D eigenvalue weighted by molar-refractivity contribution is 5.83. The van der Waals surface area contributed by atoms with Gasteiger partial charge in [-0.1, -0.05) is 0 Å². The number of benzene rings is 1. The number of urea groups is 1. The van der Waals surface area contributed by atoms with Crippen molar-refractivity contribution >= 4 is 22.8 Å². The Morgan fingerprint density at radius 3 is 2.92 bits per heavy atom. The number of nitrogens with one attached hydrogen (secondary N) is 1. The number of hydrogen-bond donors (Lipinski definition) is 1. The fourth-order valence-corrected chi connectivity index (χ4v) is 3.93. The van der Waals surface area contributed by atoms with E-state index in [0.29, 0.717) is 0 Å². The zero-order valence-electron chi connectivity index (χ0n) is 14.8. The van der Waals surface area contributed by atoms with Crippen LogP contribution in [0.5, 0.6) is 5.75 Å². The molecule has 2 saturated heterocycles. The summed E-state index contributed by atoms with van der Waals surface area (Å²) in [5.74, 6) is 1.88. The van der Waals surface area contributed by atoms with Crippen LogP contribution in [-0.2, 0) is 0 Å². The van der Waals surface area contributed by atoms with Gasteiger partial charge in [-0.25, -0.2) is 9.78 Å². The van der Waals surface area contributed by atoms with Crippen molar-refractivity contribution in [1.29, 1.82) is 0 Å². The first-order valence-corrected chi connectivity index (χ1v) is 8.90. The first kappa shape index (κ1) is 16.0. The molecule has 0 bridgehead atoms. The topological polar surface area (TPSA) is 57.7 Å². The molecule has 1 atom stereocenters. The van der Waals surface area contributed by atoms with Gasteiger partial charge in [-0.15, -0.1) is 0 Å². The van der Waals surface area contributed by atoms with E-state index in [9.17, 15) is 4.79 Å². The van der Waals surface area contributed by atoms with Gasteiger partial charge < -0.3 is 19.9 Å². The minimum absolute atomic E-state index is 0.0714. The van der Waals surface area contributed by atoms with E-state index in [1.165, 1.54) is 0 Å². The molecule has 0 saturated carbocycles. The van der Waals surface area contributed by atoms with E-state index in [4.69, 9.17) is 9.72 Å². The number of methoxy groups -OCH3 is 1. The molecule has 6 nitrogen and oxygen atoms in total. The Balaban J connectivity index is 1.62. The van der Waals surface area contributed by atoms with Crippen molar-refractivity contribution in [3.8, 4) is 5.75 Å². The number of ether oxygens (including phenoxy) is 1. The van der Waals surface area contributed by atoms with Gasteiger partial charge in [-0.2, -0.15) is 0 Å². The number of aromatic nitrogens is 1. The molecule has 2 amide bonds. The molecule has 1 N–H and O–H groups in total. The van der Waals surface area contributed by atoms with Crippen LogP contribution < -0.4 is 15.0 Å². The van der Waals surface area contributed by atoms with Crippen molar-refractivity contribution < 1.29 is 9.53 Å². The number of amides is 2. The van der Waals surface area contributed by atoms with E-state index < -0.39 is 0 Å². The highest BCUT2D eigenvalue weighted by Gasteiger charge is 2.32. The fraction of sp³-hybridized carbons (Fsp3) is 0.474. The summed E-state index contributed by atoms with van der Waals surface area (Å²) in [4.78, 5) is 21.2. The molecule has 0 aliphatic carbocycles. The molecular weight excluding hydrogens is 316 g/mol.